The average Bonchev–Trinajstić information content (AvgIpc) is 2.68. The van der Waals surface area contributed by atoms with Gasteiger partial charge in [-0.2, -0.15) is 0 Å². The zero-order valence-corrected chi connectivity index (χ0v) is 17.7. The van der Waals surface area contributed by atoms with Gasteiger partial charge in [0.1, 0.15) is 0 Å². The lowest BCUT2D eigenvalue weighted by molar-refractivity contribution is -0.115. The molecule has 1 amide bonds. The summed E-state index contributed by atoms with van der Waals surface area (Å²) >= 11 is 13.5. The molecule has 0 fully saturated rings. The summed E-state index contributed by atoms with van der Waals surface area (Å²) in [6.45, 7) is 2.74. The number of benzene rings is 3. The van der Waals surface area contributed by atoms with Gasteiger partial charge in [0, 0.05) is 17.1 Å². The molecule has 0 bridgehead atoms. The molecule has 3 aromatic carbocycles. The Hall–Kier alpha value is -1.98. The van der Waals surface area contributed by atoms with E-state index in [1.165, 1.54) is 17.5 Å². The molecule has 3 rings (SSSR count). The predicted molar refractivity (Wildman–Crippen MR) is 119 cm³/mol. The molecule has 0 aromatic heterocycles. The fourth-order valence-electron chi connectivity index (χ4n) is 2.63. The van der Waals surface area contributed by atoms with Gasteiger partial charge in [0.05, 0.1) is 16.5 Å². The van der Waals surface area contributed by atoms with E-state index in [-0.39, 0.29) is 12.3 Å². The van der Waals surface area contributed by atoms with Crippen molar-refractivity contribution in [1.29, 1.82) is 0 Å². The lowest BCUT2D eigenvalue weighted by atomic mass is 10.1. The van der Waals surface area contributed by atoms with Crippen molar-refractivity contribution in [1.82, 2.24) is 4.72 Å². The van der Waals surface area contributed by atoms with Gasteiger partial charge in [-0.15, -0.1) is 0 Å². The van der Waals surface area contributed by atoms with Crippen molar-refractivity contribution in [3.8, 4) is 0 Å². The van der Waals surface area contributed by atoms with Crippen LogP contribution in [0.5, 0.6) is 0 Å². The van der Waals surface area contributed by atoms with Gasteiger partial charge >= 0.3 is 0 Å². The van der Waals surface area contributed by atoms with Gasteiger partial charge in [0.25, 0.3) is 0 Å². The van der Waals surface area contributed by atoms with E-state index in [2.05, 4.69) is 22.2 Å². The highest BCUT2D eigenvalue weighted by Crippen LogP contribution is 2.25. The summed E-state index contributed by atoms with van der Waals surface area (Å²) in [7, 11) is 0. The predicted octanol–water partition coefficient (Wildman–Crippen LogP) is 6.28. The van der Waals surface area contributed by atoms with Gasteiger partial charge in [0.15, 0.2) is 0 Å². The second kappa shape index (κ2) is 9.99. The minimum atomic E-state index is -0.0964. The summed E-state index contributed by atoms with van der Waals surface area (Å²) in [5, 5.41) is 3.92. The van der Waals surface area contributed by atoms with Crippen LogP contribution in [0.1, 0.15) is 16.7 Å². The van der Waals surface area contributed by atoms with Crippen molar-refractivity contribution in [3.05, 3.63) is 93.5 Å². The molecule has 144 valence electrons. The number of carbonyl (C=O) groups excluding carboxylic acids is 1. The lowest BCUT2D eigenvalue weighted by Crippen LogP contribution is -2.15. The van der Waals surface area contributed by atoms with Crippen LogP contribution in [0, 0.1) is 6.92 Å². The standard InChI is InChI=1S/C22H20Cl2N2OS/c1-15-7-9-18(28-25-14-16-5-3-2-4-6-16)13-21(15)26-22(27)12-17-8-10-19(23)20(24)11-17/h2-11,13,25H,12,14H2,1H3,(H,26,27). The summed E-state index contributed by atoms with van der Waals surface area (Å²) < 4.78 is 3.35. The van der Waals surface area contributed by atoms with E-state index in [0.717, 1.165) is 28.3 Å². The van der Waals surface area contributed by atoms with Gasteiger partial charge in [0.2, 0.25) is 5.91 Å². The van der Waals surface area contributed by atoms with Crippen molar-refractivity contribution in [2.45, 2.75) is 24.8 Å². The molecule has 0 aliphatic rings. The Labute approximate surface area is 179 Å². The zero-order valence-electron chi connectivity index (χ0n) is 15.3. The number of carbonyl (C=O) groups is 1. The minimum Gasteiger partial charge on any atom is -0.326 e. The molecule has 2 N–H and O–H groups in total. The maximum atomic E-state index is 12.4. The lowest BCUT2D eigenvalue weighted by Gasteiger charge is -2.11. The number of hydrogen-bond acceptors (Lipinski definition) is 3. The molecule has 28 heavy (non-hydrogen) atoms. The van der Waals surface area contributed by atoms with Crippen LogP contribution in [0.2, 0.25) is 10.0 Å². The van der Waals surface area contributed by atoms with Gasteiger partial charge in [-0.3, -0.25) is 9.52 Å². The van der Waals surface area contributed by atoms with Crippen molar-refractivity contribution in [2.75, 3.05) is 5.32 Å². The fraction of sp³-hybridized carbons (Fsp3) is 0.136. The maximum Gasteiger partial charge on any atom is 0.228 e. The average molecular weight is 431 g/mol. The summed E-state index contributed by atoms with van der Waals surface area (Å²) in [5.41, 5.74) is 3.85. The molecular weight excluding hydrogens is 411 g/mol. The molecule has 0 radical (unpaired) electrons. The Bertz CT molecular complexity index is 964. The molecule has 0 heterocycles. The highest BCUT2D eigenvalue weighted by atomic mass is 35.5. The van der Waals surface area contributed by atoms with E-state index >= 15 is 0 Å². The Morgan fingerprint density at radius 2 is 1.71 bits per heavy atom. The van der Waals surface area contributed by atoms with E-state index in [0.29, 0.717) is 10.0 Å². The third kappa shape index (κ3) is 6.01. The third-order valence-corrected chi connectivity index (χ3v) is 5.66. The highest BCUT2D eigenvalue weighted by molar-refractivity contribution is 7.97. The first-order valence-corrected chi connectivity index (χ1v) is 10.4. The van der Waals surface area contributed by atoms with Gasteiger partial charge in [-0.1, -0.05) is 65.7 Å². The molecule has 3 nitrogen and oxygen atoms in total. The fourth-order valence-corrected chi connectivity index (χ4v) is 3.67. The summed E-state index contributed by atoms with van der Waals surface area (Å²) in [6.07, 6.45) is 0.236. The number of hydrogen-bond donors (Lipinski definition) is 2. The third-order valence-electron chi connectivity index (χ3n) is 4.14. The number of rotatable bonds is 7. The molecule has 0 spiro atoms. The molecule has 6 heteroatoms. The topological polar surface area (TPSA) is 41.1 Å². The monoisotopic (exact) mass is 430 g/mol. The molecule has 3 aromatic rings. The number of amides is 1. The van der Waals surface area contributed by atoms with E-state index in [9.17, 15) is 4.79 Å². The number of halogens is 2. The Balaban J connectivity index is 1.59. The molecule has 0 aliphatic heterocycles. The zero-order chi connectivity index (χ0) is 19.9. The molecule has 0 aliphatic carbocycles. The van der Waals surface area contributed by atoms with E-state index in [1.807, 2.05) is 43.3 Å². The van der Waals surface area contributed by atoms with E-state index in [4.69, 9.17) is 23.2 Å². The largest absolute Gasteiger partial charge is 0.326 e. The van der Waals surface area contributed by atoms with Crippen LogP contribution in [0.3, 0.4) is 0 Å². The first-order chi connectivity index (χ1) is 13.5. The van der Waals surface area contributed by atoms with Crippen LogP contribution < -0.4 is 10.0 Å². The van der Waals surface area contributed by atoms with Gasteiger partial charge in [-0.25, -0.2) is 0 Å². The van der Waals surface area contributed by atoms with Gasteiger partial charge in [-0.05, 0) is 59.8 Å². The number of aryl methyl sites for hydroxylation is 1. The van der Waals surface area contributed by atoms with E-state index < -0.39 is 0 Å². The second-order valence-corrected chi connectivity index (χ2v) is 8.14. The quantitative estimate of drug-likeness (QED) is 0.433. The smallest absolute Gasteiger partial charge is 0.228 e. The van der Waals surface area contributed by atoms with Crippen LogP contribution in [-0.2, 0) is 17.8 Å². The maximum absolute atomic E-state index is 12.4. The normalized spacial score (nSPS) is 10.7. The summed E-state index contributed by atoms with van der Waals surface area (Å²) in [5.74, 6) is -0.0964. The number of nitrogens with one attached hydrogen (secondary N) is 2. The van der Waals surface area contributed by atoms with Crippen LogP contribution in [0.4, 0.5) is 5.69 Å². The Morgan fingerprint density at radius 3 is 2.46 bits per heavy atom. The van der Waals surface area contributed by atoms with Crippen LogP contribution in [0.25, 0.3) is 0 Å². The van der Waals surface area contributed by atoms with Crippen LogP contribution >= 0.6 is 35.1 Å². The van der Waals surface area contributed by atoms with Crippen LogP contribution in [-0.4, -0.2) is 5.91 Å². The first-order valence-electron chi connectivity index (χ1n) is 8.79. The molecule has 0 saturated heterocycles. The Kier molecular flexibility index (Phi) is 7.40. The van der Waals surface area contributed by atoms with Crippen molar-refractivity contribution in [3.63, 3.8) is 0 Å². The molecule has 0 unspecified atom stereocenters. The van der Waals surface area contributed by atoms with Crippen LogP contribution in [0.15, 0.2) is 71.6 Å². The molecule has 0 saturated carbocycles. The van der Waals surface area contributed by atoms with Crippen molar-refractivity contribution >= 4 is 46.7 Å². The summed E-state index contributed by atoms with van der Waals surface area (Å²) in [4.78, 5) is 13.5. The van der Waals surface area contributed by atoms with E-state index in [1.54, 1.807) is 18.2 Å². The highest BCUT2D eigenvalue weighted by Gasteiger charge is 2.09. The summed E-state index contributed by atoms with van der Waals surface area (Å²) in [6, 6.07) is 21.4. The second-order valence-electron chi connectivity index (χ2n) is 6.36. The first kappa shape index (κ1) is 20.7. The Morgan fingerprint density at radius 1 is 0.929 bits per heavy atom. The molecule has 0 atom stereocenters. The van der Waals surface area contributed by atoms with Crippen molar-refractivity contribution in [2.24, 2.45) is 0 Å². The minimum absolute atomic E-state index is 0.0964. The molecular formula is C22H20Cl2N2OS. The number of anilines is 1. The van der Waals surface area contributed by atoms with Gasteiger partial charge < -0.3 is 5.32 Å². The van der Waals surface area contributed by atoms with Crippen molar-refractivity contribution < 1.29 is 4.79 Å². The SMILES string of the molecule is Cc1ccc(SNCc2ccccc2)cc1NC(=O)Cc1ccc(Cl)c(Cl)c1.